The third kappa shape index (κ3) is 3.36. The third-order valence-corrected chi connectivity index (χ3v) is 2.73. The zero-order valence-corrected chi connectivity index (χ0v) is 10.6. The molecule has 16 heavy (non-hydrogen) atoms. The van der Waals surface area contributed by atoms with Crippen molar-refractivity contribution in [1.82, 2.24) is 5.32 Å². The van der Waals surface area contributed by atoms with Gasteiger partial charge in [0.25, 0.3) is 0 Å². The van der Waals surface area contributed by atoms with Crippen molar-refractivity contribution >= 4 is 0 Å². The van der Waals surface area contributed by atoms with Gasteiger partial charge in [0.05, 0.1) is 12.6 Å². The predicted octanol–water partition coefficient (Wildman–Crippen LogP) is 2.91. The molecule has 86 valence electrons. The monoisotopic (exact) mass is 216 g/mol. The first-order valence-corrected chi connectivity index (χ1v) is 5.63. The molecule has 1 N–H and O–H groups in total. The molecular formula is C14H20N2. The second-order valence-corrected chi connectivity index (χ2v) is 5.15. The van der Waals surface area contributed by atoms with Crippen LogP contribution < -0.4 is 5.32 Å². The maximum Gasteiger partial charge on any atom is 0.0843 e. The van der Waals surface area contributed by atoms with Gasteiger partial charge in [-0.1, -0.05) is 39.0 Å². The summed E-state index contributed by atoms with van der Waals surface area (Å²) < 4.78 is 0. The van der Waals surface area contributed by atoms with Gasteiger partial charge in [-0.25, -0.2) is 0 Å². The molecule has 1 aromatic carbocycles. The minimum absolute atomic E-state index is 0.178. The Morgan fingerprint density at radius 1 is 1.31 bits per heavy atom. The summed E-state index contributed by atoms with van der Waals surface area (Å²) in [5, 5.41) is 11.6. The Hall–Kier alpha value is -1.33. The first-order chi connectivity index (χ1) is 7.45. The number of hydrogen-bond donors (Lipinski definition) is 1. The fourth-order valence-electron chi connectivity index (χ4n) is 1.58. The first-order valence-electron chi connectivity index (χ1n) is 5.63. The van der Waals surface area contributed by atoms with Gasteiger partial charge in [0, 0.05) is 6.54 Å². The molecule has 0 atom stereocenters. The highest BCUT2D eigenvalue weighted by atomic mass is 14.8. The summed E-state index contributed by atoms with van der Waals surface area (Å²) in [6, 6.07) is 8.67. The Balaban J connectivity index is 2.88. The Morgan fingerprint density at radius 2 is 2.00 bits per heavy atom. The Kier molecular flexibility index (Phi) is 4.09. The van der Waals surface area contributed by atoms with E-state index in [-0.39, 0.29) is 5.41 Å². The van der Waals surface area contributed by atoms with Gasteiger partial charge >= 0.3 is 0 Å². The van der Waals surface area contributed by atoms with Gasteiger partial charge in [-0.3, -0.25) is 0 Å². The van der Waals surface area contributed by atoms with Gasteiger partial charge in [0.1, 0.15) is 0 Å². The molecule has 2 heteroatoms. The largest absolute Gasteiger partial charge is 0.300 e. The zero-order chi connectivity index (χ0) is 12.2. The van der Waals surface area contributed by atoms with Gasteiger partial charge in [-0.05, 0) is 29.0 Å². The lowest BCUT2D eigenvalue weighted by Crippen LogP contribution is -2.16. The van der Waals surface area contributed by atoms with Gasteiger partial charge in [-0.2, -0.15) is 5.26 Å². The van der Waals surface area contributed by atoms with E-state index < -0.39 is 0 Å². The molecule has 0 saturated heterocycles. The van der Waals surface area contributed by atoms with Crippen molar-refractivity contribution in [3.8, 4) is 6.07 Å². The number of aryl methyl sites for hydroxylation is 1. The second-order valence-electron chi connectivity index (χ2n) is 5.15. The van der Waals surface area contributed by atoms with Crippen LogP contribution in [-0.2, 0) is 12.0 Å². The predicted molar refractivity (Wildman–Crippen MR) is 67.2 cm³/mol. The fraction of sp³-hybridized carbons (Fsp3) is 0.500. The lowest BCUT2D eigenvalue weighted by atomic mass is 9.85. The van der Waals surface area contributed by atoms with Crippen LogP contribution in [0.5, 0.6) is 0 Å². The second kappa shape index (κ2) is 5.14. The highest BCUT2D eigenvalue weighted by Gasteiger charge is 2.14. The van der Waals surface area contributed by atoms with Crippen molar-refractivity contribution in [3.63, 3.8) is 0 Å². The summed E-state index contributed by atoms with van der Waals surface area (Å²) in [4.78, 5) is 0. The third-order valence-electron chi connectivity index (χ3n) is 2.73. The van der Waals surface area contributed by atoms with Crippen molar-refractivity contribution in [2.75, 3.05) is 6.54 Å². The van der Waals surface area contributed by atoms with Gasteiger partial charge in [0.2, 0.25) is 0 Å². The van der Waals surface area contributed by atoms with E-state index in [1.807, 2.05) is 0 Å². The minimum atomic E-state index is 0.178. The maximum atomic E-state index is 8.48. The average Bonchev–Trinajstić information content (AvgIpc) is 2.19. The number of nitrogens with zero attached hydrogens (tertiary/aromatic N) is 1. The van der Waals surface area contributed by atoms with Crippen molar-refractivity contribution in [2.45, 2.75) is 39.7 Å². The first kappa shape index (κ1) is 12.7. The summed E-state index contributed by atoms with van der Waals surface area (Å²) in [6.07, 6.45) is 0. The maximum absolute atomic E-state index is 8.48. The molecule has 0 unspecified atom stereocenters. The van der Waals surface area contributed by atoms with E-state index in [0.29, 0.717) is 6.54 Å². The van der Waals surface area contributed by atoms with E-state index in [2.05, 4.69) is 57.3 Å². The fourth-order valence-corrected chi connectivity index (χ4v) is 1.58. The van der Waals surface area contributed by atoms with E-state index >= 15 is 0 Å². The molecule has 1 aromatic rings. The normalized spacial score (nSPS) is 11.2. The van der Waals surface area contributed by atoms with E-state index in [0.717, 1.165) is 6.54 Å². The van der Waals surface area contributed by atoms with Gasteiger partial charge in [-0.15, -0.1) is 0 Å². The Bertz CT molecular complexity index is 394. The zero-order valence-electron chi connectivity index (χ0n) is 10.6. The quantitative estimate of drug-likeness (QED) is 0.623. The van der Waals surface area contributed by atoms with Crippen LogP contribution in [0.3, 0.4) is 0 Å². The summed E-state index contributed by atoms with van der Waals surface area (Å²) >= 11 is 0. The molecule has 0 fully saturated rings. The lowest BCUT2D eigenvalue weighted by Gasteiger charge is -2.20. The summed E-state index contributed by atoms with van der Waals surface area (Å²) in [5.74, 6) is 0. The van der Waals surface area contributed by atoms with Crippen molar-refractivity contribution in [2.24, 2.45) is 0 Å². The van der Waals surface area contributed by atoms with Crippen LogP contribution in [0.25, 0.3) is 0 Å². The molecule has 0 aromatic heterocycles. The average molecular weight is 216 g/mol. The molecule has 2 nitrogen and oxygen atoms in total. The number of hydrogen-bond acceptors (Lipinski definition) is 2. The molecule has 0 aliphatic carbocycles. The number of nitriles is 1. The highest BCUT2D eigenvalue weighted by Crippen LogP contribution is 2.24. The number of rotatable bonds is 3. The van der Waals surface area contributed by atoms with E-state index in [1.54, 1.807) is 0 Å². The van der Waals surface area contributed by atoms with Gasteiger partial charge in [0.15, 0.2) is 0 Å². The molecule has 0 bridgehead atoms. The molecule has 0 heterocycles. The Morgan fingerprint density at radius 3 is 2.56 bits per heavy atom. The molecule has 1 rings (SSSR count). The van der Waals surface area contributed by atoms with Crippen LogP contribution in [-0.4, -0.2) is 6.54 Å². The van der Waals surface area contributed by atoms with Crippen LogP contribution in [0.2, 0.25) is 0 Å². The standard InChI is InChI=1S/C14H20N2/c1-11-5-6-13(14(2,3)4)9-12(11)10-16-8-7-15/h5-6,9,16H,8,10H2,1-4H3. The molecule has 0 aliphatic rings. The lowest BCUT2D eigenvalue weighted by molar-refractivity contribution is 0.588. The van der Waals surface area contributed by atoms with Crippen LogP contribution in [0.15, 0.2) is 18.2 Å². The summed E-state index contributed by atoms with van der Waals surface area (Å²) in [6.45, 7) is 9.91. The van der Waals surface area contributed by atoms with Crippen LogP contribution in [0.1, 0.15) is 37.5 Å². The SMILES string of the molecule is Cc1ccc(C(C)(C)C)cc1CNCC#N. The minimum Gasteiger partial charge on any atom is -0.300 e. The molecule has 0 spiro atoms. The van der Waals surface area contributed by atoms with Crippen molar-refractivity contribution in [1.29, 1.82) is 5.26 Å². The van der Waals surface area contributed by atoms with Gasteiger partial charge < -0.3 is 5.32 Å². The summed E-state index contributed by atoms with van der Waals surface area (Å²) in [7, 11) is 0. The topological polar surface area (TPSA) is 35.8 Å². The Labute approximate surface area is 98.3 Å². The van der Waals surface area contributed by atoms with Crippen molar-refractivity contribution < 1.29 is 0 Å². The molecule has 0 radical (unpaired) electrons. The van der Waals surface area contributed by atoms with Crippen LogP contribution in [0, 0.1) is 18.3 Å². The van der Waals surface area contributed by atoms with E-state index in [9.17, 15) is 0 Å². The number of nitrogens with one attached hydrogen (secondary N) is 1. The molecule has 0 saturated carbocycles. The smallest absolute Gasteiger partial charge is 0.0843 e. The molecule has 0 amide bonds. The highest BCUT2D eigenvalue weighted by molar-refractivity contribution is 5.34. The summed E-state index contributed by atoms with van der Waals surface area (Å²) in [5.41, 5.74) is 4.07. The van der Waals surface area contributed by atoms with E-state index in [4.69, 9.17) is 5.26 Å². The van der Waals surface area contributed by atoms with E-state index in [1.165, 1.54) is 16.7 Å². The molecule has 0 aliphatic heterocycles. The number of benzene rings is 1. The van der Waals surface area contributed by atoms with Crippen molar-refractivity contribution in [3.05, 3.63) is 34.9 Å². The molecular weight excluding hydrogens is 196 g/mol. The van der Waals surface area contributed by atoms with Crippen LogP contribution >= 0.6 is 0 Å². The van der Waals surface area contributed by atoms with Crippen LogP contribution in [0.4, 0.5) is 0 Å².